The molecule has 2 N–H and O–H groups in total. The van der Waals surface area contributed by atoms with Crippen molar-refractivity contribution in [1.29, 1.82) is 0 Å². The van der Waals surface area contributed by atoms with E-state index in [1.54, 1.807) is 0 Å². The Labute approximate surface area is 120 Å². The minimum atomic E-state index is -0.648. The number of nitrogens with zero attached hydrogens (tertiary/aromatic N) is 3. The van der Waals surface area contributed by atoms with E-state index >= 15 is 0 Å². The van der Waals surface area contributed by atoms with Gasteiger partial charge in [0.2, 0.25) is 5.82 Å². The average molecular weight is 293 g/mol. The van der Waals surface area contributed by atoms with Crippen molar-refractivity contribution < 1.29 is 9.72 Å². The summed E-state index contributed by atoms with van der Waals surface area (Å²) in [4.78, 5) is 26.4. The lowest BCUT2D eigenvalue weighted by Crippen LogP contribution is -2.33. The van der Waals surface area contributed by atoms with Crippen molar-refractivity contribution >= 4 is 42.3 Å². The second kappa shape index (κ2) is 6.02. The number of rotatable bonds is 4. The summed E-state index contributed by atoms with van der Waals surface area (Å²) in [6.45, 7) is 1.24. The predicted octanol–water partition coefficient (Wildman–Crippen LogP) is 1.12. The third-order valence-corrected chi connectivity index (χ3v) is 3.29. The van der Waals surface area contributed by atoms with Crippen molar-refractivity contribution in [2.75, 3.05) is 18.8 Å². The fourth-order valence-corrected chi connectivity index (χ4v) is 2.28. The van der Waals surface area contributed by atoms with Gasteiger partial charge in [-0.05, 0) is 24.6 Å². The van der Waals surface area contributed by atoms with Gasteiger partial charge in [0.1, 0.15) is 5.02 Å². The van der Waals surface area contributed by atoms with Crippen molar-refractivity contribution in [2.24, 2.45) is 0 Å². The molecule has 2 rings (SSSR count). The van der Waals surface area contributed by atoms with E-state index < -0.39 is 4.92 Å². The van der Waals surface area contributed by atoms with Gasteiger partial charge in [0.05, 0.1) is 16.8 Å². The Morgan fingerprint density at radius 2 is 2.35 bits per heavy atom. The molecule has 0 bridgehead atoms. The minimum absolute atomic E-state index is 0.0275. The van der Waals surface area contributed by atoms with E-state index in [9.17, 15) is 14.9 Å². The molecule has 1 aromatic heterocycles. The zero-order chi connectivity index (χ0) is 14.7. The highest BCUT2D eigenvalue weighted by molar-refractivity contribution is 6.64. The molecule has 20 heavy (non-hydrogen) atoms. The van der Waals surface area contributed by atoms with Crippen molar-refractivity contribution in [3.05, 3.63) is 33.0 Å². The van der Waals surface area contributed by atoms with E-state index in [0.29, 0.717) is 25.2 Å². The van der Waals surface area contributed by atoms with Crippen LogP contribution in [0.15, 0.2) is 12.1 Å². The number of nitrogen functional groups attached to an aromatic ring is 1. The Kier molecular flexibility index (Phi) is 4.36. The number of nitro groups is 1. The molecule has 0 fully saturated rings. The van der Waals surface area contributed by atoms with E-state index in [4.69, 9.17) is 17.3 Å². The summed E-state index contributed by atoms with van der Waals surface area (Å²) in [5.41, 5.74) is 6.64. The fraction of sp³-hybridized carbons (Fsp3) is 0.273. The summed E-state index contributed by atoms with van der Waals surface area (Å²) in [7, 11) is 1.47. The minimum Gasteiger partial charge on any atom is -0.378 e. The number of halogens is 1. The van der Waals surface area contributed by atoms with Crippen LogP contribution < -0.4 is 5.73 Å². The SMILES string of the molecule is Nc1nc(C2=CCN([B]C=O)CC2)cc(Cl)c1[N+](=O)[O-]. The average Bonchev–Trinajstić information content (AvgIpc) is 2.38. The maximum absolute atomic E-state index is 10.8. The van der Waals surface area contributed by atoms with Gasteiger partial charge in [0.25, 0.3) is 7.41 Å². The molecule has 1 aliphatic rings. The second-order valence-electron chi connectivity index (χ2n) is 4.24. The molecule has 7 nitrogen and oxygen atoms in total. The lowest BCUT2D eigenvalue weighted by molar-refractivity contribution is -0.384. The van der Waals surface area contributed by atoms with E-state index in [2.05, 4.69) is 4.98 Å². The smallest absolute Gasteiger partial charge is 0.329 e. The van der Waals surface area contributed by atoms with Gasteiger partial charge in [-0.1, -0.05) is 17.7 Å². The Morgan fingerprint density at radius 1 is 1.60 bits per heavy atom. The Balaban J connectivity index is 2.27. The van der Waals surface area contributed by atoms with Crippen molar-refractivity contribution in [3.8, 4) is 0 Å². The van der Waals surface area contributed by atoms with Gasteiger partial charge in [-0.15, -0.1) is 0 Å². The maximum Gasteiger partial charge on any atom is 0.329 e. The number of anilines is 1. The highest BCUT2D eigenvalue weighted by Gasteiger charge is 2.22. The van der Waals surface area contributed by atoms with E-state index in [1.165, 1.54) is 13.5 Å². The van der Waals surface area contributed by atoms with Crippen molar-refractivity contribution in [2.45, 2.75) is 6.42 Å². The molecule has 0 aromatic carbocycles. The largest absolute Gasteiger partial charge is 0.378 e. The number of nitrogens with two attached hydrogens (primary N) is 1. The second-order valence-corrected chi connectivity index (χ2v) is 4.65. The number of aromatic nitrogens is 1. The van der Waals surface area contributed by atoms with Gasteiger partial charge < -0.3 is 15.3 Å². The van der Waals surface area contributed by atoms with Gasteiger partial charge in [-0.3, -0.25) is 10.1 Å². The summed E-state index contributed by atoms with van der Waals surface area (Å²) in [5.74, 6) is -0.194. The molecule has 0 atom stereocenters. The first-order valence-corrected chi connectivity index (χ1v) is 6.23. The molecule has 103 valence electrons. The number of carbonyl (C=O) groups is 1. The summed E-state index contributed by atoms with van der Waals surface area (Å²) in [5, 5.41) is 10.8. The highest BCUT2D eigenvalue weighted by Crippen LogP contribution is 2.32. The number of hydrogen-bond acceptors (Lipinski definition) is 6. The maximum atomic E-state index is 10.8. The Morgan fingerprint density at radius 3 is 2.85 bits per heavy atom. The molecule has 0 aliphatic carbocycles. The molecule has 1 aliphatic heterocycles. The first-order valence-electron chi connectivity index (χ1n) is 5.85. The van der Waals surface area contributed by atoms with Crippen LogP contribution in [0.5, 0.6) is 0 Å². The molecule has 1 aromatic rings. The summed E-state index contributed by atoms with van der Waals surface area (Å²) in [6.07, 6.45) is 3.29. The lowest BCUT2D eigenvalue weighted by atomic mass is 9.90. The monoisotopic (exact) mass is 293 g/mol. The zero-order valence-corrected chi connectivity index (χ0v) is 11.2. The highest BCUT2D eigenvalue weighted by atomic mass is 35.5. The normalized spacial score (nSPS) is 15.6. The van der Waals surface area contributed by atoms with Crippen LogP contribution in [0.2, 0.25) is 5.02 Å². The van der Waals surface area contributed by atoms with Gasteiger partial charge in [0.15, 0.2) is 0 Å². The van der Waals surface area contributed by atoms with Crippen LogP contribution in [0, 0.1) is 10.1 Å². The molecule has 1 radical (unpaired) electrons. The summed E-state index contributed by atoms with van der Waals surface area (Å²) >= 11 is 5.88. The van der Waals surface area contributed by atoms with Crippen LogP contribution in [0.25, 0.3) is 5.57 Å². The molecule has 0 saturated carbocycles. The molecule has 9 heteroatoms. The molecule has 0 unspecified atom stereocenters. The summed E-state index contributed by atoms with van der Waals surface area (Å²) < 4.78 is 0. The molecular weight excluding hydrogens is 282 g/mol. The third-order valence-electron chi connectivity index (χ3n) is 3.00. The van der Waals surface area contributed by atoms with Crippen LogP contribution in [-0.2, 0) is 4.79 Å². The third kappa shape index (κ3) is 2.97. The van der Waals surface area contributed by atoms with Gasteiger partial charge in [-0.25, -0.2) is 4.98 Å². The van der Waals surface area contributed by atoms with Gasteiger partial charge >= 0.3 is 5.69 Å². The number of hydrogen-bond donors (Lipinski definition) is 1. The van der Waals surface area contributed by atoms with Crippen LogP contribution in [0.1, 0.15) is 12.1 Å². The van der Waals surface area contributed by atoms with Gasteiger partial charge in [0, 0.05) is 6.54 Å². The molecule has 2 heterocycles. The zero-order valence-electron chi connectivity index (χ0n) is 10.5. The lowest BCUT2D eigenvalue weighted by Gasteiger charge is -2.23. The molecule has 0 amide bonds. The number of carbonyl (C=O) groups excluding carboxylic acids is 1. The predicted molar refractivity (Wildman–Crippen MR) is 77.0 cm³/mol. The topological polar surface area (TPSA) is 102 Å². The molecular formula is C11H11BClN4O3. The van der Waals surface area contributed by atoms with Crippen molar-refractivity contribution in [3.63, 3.8) is 0 Å². The Bertz CT molecular complexity index is 570. The molecule has 0 saturated heterocycles. The van der Waals surface area contributed by atoms with Crippen LogP contribution >= 0.6 is 11.6 Å². The first kappa shape index (κ1) is 14.5. The van der Waals surface area contributed by atoms with E-state index in [-0.39, 0.29) is 16.5 Å². The van der Waals surface area contributed by atoms with Crippen LogP contribution in [-0.4, -0.2) is 41.4 Å². The first-order chi connectivity index (χ1) is 9.52. The Hall–Kier alpha value is -1.93. The molecule has 0 spiro atoms. The number of pyridine rings is 1. The van der Waals surface area contributed by atoms with Crippen LogP contribution in [0.3, 0.4) is 0 Å². The van der Waals surface area contributed by atoms with Gasteiger partial charge in [-0.2, -0.15) is 0 Å². The fourth-order valence-electron chi connectivity index (χ4n) is 2.01. The summed E-state index contributed by atoms with van der Waals surface area (Å²) in [6, 6.07) is 1.45. The standard InChI is InChI=1S/C11H11BClN4O3/c13-8-5-9(15-11(14)10(8)17(19)20)7-1-3-16(4-2-7)12-6-18/h1,5-6H,2-4H2,(H2,14,15). The van der Waals surface area contributed by atoms with E-state index in [1.807, 2.05) is 10.9 Å². The van der Waals surface area contributed by atoms with E-state index in [0.717, 1.165) is 11.8 Å². The van der Waals surface area contributed by atoms with Crippen molar-refractivity contribution in [1.82, 2.24) is 9.79 Å². The quantitative estimate of drug-likeness (QED) is 0.386. The van der Waals surface area contributed by atoms with Crippen LogP contribution in [0.4, 0.5) is 11.5 Å².